The fourth-order valence-electron chi connectivity index (χ4n) is 4.75. The SMILES string of the molecule is O=C(CSc1ncnc2c1oc1ccccc12)N1CCC[C@H]2CCCC[C@H]21. The number of hydrogen-bond donors (Lipinski definition) is 0. The molecule has 0 unspecified atom stereocenters. The van der Waals surface area contributed by atoms with Crippen LogP contribution in [0.3, 0.4) is 0 Å². The number of carbonyl (C=O) groups is 1. The van der Waals surface area contributed by atoms with Gasteiger partial charge in [0.25, 0.3) is 0 Å². The van der Waals surface area contributed by atoms with Crippen molar-refractivity contribution in [1.82, 2.24) is 14.9 Å². The van der Waals surface area contributed by atoms with Gasteiger partial charge in [0.15, 0.2) is 5.58 Å². The summed E-state index contributed by atoms with van der Waals surface area (Å²) >= 11 is 1.47. The van der Waals surface area contributed by atoms with Crippen LogP contribution in [-0.4, -0.2) is 39.1 Å². The van der Waals surface area contributed by atoms with Crippen molar-refractivity contribution in [2.75, 3.05) is 12.3 Å². The normalized spacial score (nSPS) is 22.9. The van der Waals surface area contributed by atoms with Crippen molar-refractivity contribution in [3.05, 3.63) is 30.6 Å². The highest BCUT2D eigenvalue weighted by Gasteiger charge is 2.35. The average molecular weight is 382 g/mol. The maximum atomic E-state index is 13.0. The predicted octanol–water partition coefficient (Wildman–Crippen LogP) is 4.65. The van der Waals surface area contributed by atoms with E-state index < -0.39 is 0 Å². The minimum Gasteiger partial charge on any atom is -0.451 e. The number of carbonyl (C=O) groups excluding carboxylic acids is 1. The maximum Gasteiger partial charge on any atom is 0.233 e. The molecule has 2 aromatic heterocycles. The Bertz CT molecular complexity index is 984. The third-order valence-corrected chi connectivity index (χ3v) is 6.98. The van der Waals surface area contributed by atoms with Gasteiger partial charge in [-0.1, -0.05) is 36.7 Å². The van der Waals surface area contributed by atoms with Gasteiger partial charge in [-0.05, 0) is 43.7 Å². The minimum absolute atomic E-state index is 0.236. The van der Waals surface area contributed by atoms with Crippen LogP contribution in [0.4, 0.5) is 0 Å². The smallest absolute Gasteiger partial charge is 0.233 e. The third-order valence-electron chi connectivity index (χ3n) is 6.02. The Hall–Kier alpha value is -2.08. The summed E-state index contributed by atoms with van der Waals surface area (Å²) in [6.45, 7) is 0.907. The summed E-state index contributed by atoms with van der Waals surface area (Å²) < 4.78 is 5.98. The molecule has 5 rings (SSSR count). The van der Waals surface area contributed by atoms with E-state index in [0.717, 1.165) is 34.5 Å². The molecule has 1 saturated heterocycles. The summed E-state index contributed by atoms with van der Waals surface area (Å²) in [7, 11) is 0. The number of piperidine rings is 1. The number of furan rings is 1. The van der Waals surface area contributed by atoms with E-state index in [9.17, 15) is 4.79 Å². The van der Waals surface area contributed by atoms with E-state index in [1.54, 1.807) is 6.33 Å². The largest absolute Gasteiger partial charge is 0.451 e. The Balaban J connectivity index is 1.36. The highest BCUT2D eigenvalue weighted by atomic mass is 32.2. The van der Waals surface area contributed by atoms with E-state index in [2.05, 4.69) is 14.9 Å². The number of aromatic nitrogens is 2. The van der Waals surface area contributed by atoms with Crippen LogP contribution in [-0.2, 0) is 4.79 Å². The van der Waals surface area contributed by atoms with Crippen molar-refractivity contribution in [3.8, 4) is 0 Å². The molecule has 3 heterocycles. The Morgan fingerprint density at radius 2 is 2.00 bits per heavy atom. The number of likely N-dealkylation sites (tertiary alicyclic amines) is 1. The Morgan fingerprint density at radius 3 is 2.96 bits per heavy atom. The summed E-state index contributed by atoms with van der Waals surface area (Å²) in [6.07, 6.45) is 9.02. The average Bonchev–Trinajstić information content (AvgIpc) is 3.11. The first-order chi connectivity index (χ1) is 13.3. The van der Waals surface area contributed by atoms with E-state index in [-0.39, 0.29) is 5.91 Å². The van der Waals surface area contributed by atoms with Crippen LogP contribution in [0.5, 0.6) is 0 Å². The van der Waals surface area contributed by atoms with Crippen molar-refractivity contribution < 1.29 is 9.21 Å². The van der Waals surface area contributed by atoms with Crippen molar-refractivity contribution in [1.29, 1.82) is 0 Å². The molecule has 0 radical (unpaired) electrons. The van der Waals surface area contributed by atoms with Crippen LogP contribution in [0.1, 0.15) is 38.5 Å². The Labute approximate surface area is 162 Å². The van der Waals surface area contributed by atoms with Crippen molar-refractivity contribution in [2.45, 2.75) is 49.6 Å². The summed E-state index contributed by atoms with van der Waals surface area (Å²) in [5.41, 5.74) is 2.31. The quantitative estimate of drug-likeness (QED) is 0.488. The number of fused-ring (bicyclic) bond motifs is 4. The van der Waals surface area contributed by atoms with Gasteiger partial charge < -0.3 is 9.32 Å². The molecule has 1 aliphatic carbocycles. The summed E-state index contributed by atoms with van der Waals surface area (Å²) in [5.74, 6) is 1.36. The molecule has 27 heavy (non-hydrogen) atoms. The molecular formula is C21H23N3O2S. The summed E-state index contributed by atoms with van der Waals surface area (Å²) in [5, 5.41) is 1.74. The topological polar surface area (TPSA) is 59.2 Å². The van der Waals surface area contributed by atoms with Crippen molar-refractivity contribution >= 4 is 39.7 Å². The molecule has 2 fully saturated rings. The molecule has 1 aromatic carbocycles. The number of benzene rings is 1. The van der Waals surface area contributed by atoms with Gasteiger partial charge >= 0.3 is 0 Å². The molecule has 0 bridgehead atoms. The van der Waals surface area contributed by atoms with Gasteiger partial charge in [-0.3, -0.25) is 4.79 Å². The van der Waals surface area contributed by atoms with Gasteiger partial charge in [0.1, 0.15) is 22.5 Å². The van der Waals surface area contributed by atoms with Gasteiger partial charge in [-0.2, -0.15) is 0 Å². The van der Waals surface area contributed by atoms with Crippen molar-refractivity contribution in [2.24, 2.45) is 5.92 Å². The van der Waals surface area contributed by atoms with Crippen LogP contribution in [0.15, 0.2) is 40.0 Å². The molecular weight excluding hydrogens is 358 g/mol. The van der Waals surface area contributed by atoms with Crippen LogP contribution in [0, 0.1) is 5.92 Å². The second-order valence-corrected chi connectivity index (χ2v) is 8.55. The molecule has 6 heteroatoms. The predicted molar refractivity (Wildman–Crippen MR) is 107 cm³/mol. The van der Waals surface area contributed by atoms with E-state index in [0.29, 0.717) is 23.3 Å². The van der Waals surface area contributed by atoms with Crippen LogP contribution < -0.4 is 0 Å². The lowest BCUT2D eigenvalue weighted by Gasteiger charge is -2.44. The zero-order valence-electron chi connectivity index (χ0n) is 15.3. The zero-order valence-corrected chi connectivity index (χ0v) is 16.1. The first-order valence-corrected chi connectivity index (χ1v) is 10.8. The number of thioether (sulfide) groups is 1. The molecule has 0 spiro atoms. The fourth-order valence-corrected chi connectivity index (χ4v) is 5.57. The highest BCUT2D eigenvalue weighted by Crippen LogP contribution is 2.36. The van der Waals surface area contributed by atoms with Crippen LogP contribution in [0.2, 0.25) is 0 Å². The molecule has 1 aliphatic heterocycles. The Morgan fingerprint density at radius 1 is 1.15 bits per heavy atom. The molecule has 0 N–H and O–H groups in total. The lowest BCUT2D eigenvalue weighted by molar-refractivity contribution is -0.134. The van der Waals surface area contributed by atoms with Crippen molar-refractivity contribution in [3.63, 3.8) is 0 Å². The second-order valence-electron chi connectivity index (χ2n) is 7.58. The fraction of sp³-hybridized carbons (Fsp3) is 0.476. The third kappa shape index (κ3) is 3.10. The van der Waals surface area contributed by atoms with Gasteiger partial charge in [-0.25, -0.2) is 9.97 Å². The van der Waals surface area contributed by atoms with E-state index in [1.807, 2.05) is 24.3 Å². The summed E-state index contributed by atoms with van der Waals surface area (Å²) in [6, 6.07) is 8.33. The lowest BCUT2D eigenvalue weighted by Crippen LogP contribution is -2.50. The molecule has 1 saturated carbocycles. The number of nitrogens with zero attached hydrogens (tertiary/aromatic N) is 3. The highest BCUT2D eigenvalue weighted by molar-refractivity contribution is 8.00. The van der Waals surface area contributed by atoms with Gasteiger partial charge in [0.05, 0.1) is 5.75 Å². The molecule has 2 aliphatic rings. The van der Waals surface area contributed by atoms with E-state index in [1.165, 1.54) is 43.9 Å². The van der Waals surface area contributed by atoms with Gasteiger partial charge in [0, 0.05) is 18.0 Å². The monoisotopic (exact) mass is 381 g/mol. The van der Waals surface area contributed by atoms with Crippen LogP contribution in [0.25, 0.3) is 22.1 Å². The standard InChI is InChI=1S/C21H23N3O2S/c25-18(24-11-5-7-14-6-1-3-9-16(14)24)12-27-21-20-19(22-13-23-21)15-8-2-4-10-17(15)26-20/h2,4,8,10,13-14,16H,1,3,5-7,9,11-12H2/t14-,16-/m1/s1. The lowest BCUT2D eigenvalue weighted by atomic mass is 9.78. The zero-order chi connectivity index (χ0) is 18.2. The molecule has 2 atom stereocenters. The first-order valence-electron chi connectivity index (χ1n) is 9.86. The molecule has 5 nitrogen and oxygen atoms in total. The Kier molecular flexibility index (Phi) is 4.52. The molecule has 1 amide bonds. The molecule has 3 aromatic rings. The number of para-hydroxylation sites is 1. The van der Waals surface area contributed by atoms with Gasteiger partial charge in [-0.15, -0.1) is 0 Å². The number of rotatable bonds is 3. The minimum atomic E-state index is 0.236. The van der Waals surface area contributed by atoms with Gasteiger partial charge in [0.2, 0.25) is 5.91 Å². The second kappa shape index (κ2) is 7.15. The first kappa shape index (κ1) is 17.0. The summed E-state index contributed by atoms with van der Waals surface area (Å²) in [4.78, 5) is 23.9. The van der Waals surface area contributed by atoms with E-state index in [4.69, 9.17) is 4.42 Å². The van der Waals surface area contributed by atoms with Crippen LogP contribution >= 0.6 is 11.8 Å². The molecule has 140 valence electrons. The van der Waals surface area contributed by atoms with E-state index >= 15 is 0 Å². The number of hydrogen-bond acceptors (Lipinski definition) is 5. The number of amides is 1. The maximum absolute atomic E-state index is 13.0.